The number of carbonyl (C=O) groups is 1. The van der Waals surface area contributed by atoms with Gasteiger partial charge in [-0.25, -0.2) is 0 Å². The van der Waals surface area contributed by atoms with Crippen molar-refractivity contribution in [3.8, 4) is 0 Å². The van der Waals surface area contributed by atoms with E-state index in [1.54, 1.807) is 0 Å². The molecule has 0 aromatic heterocycles. The highest BCUT2D eigenvalue weighted by molar-refractivity contribution is 6.33. The van der Waals surface area contributed by atoms with Crippen molar-refractivity contribution in [3.05, 3.63) is 62.1 Å². The van der Waals surface area contributed by atoms with Crippen molar-refractivity contribution in [2.24, 2.45) is 0 Å². The third-order valence-corrected chi connectivity index (χ3v) is 3.31. The van der Waals surface area contributed by atoms with Gasteiger partial charge in [-0.3, -0.25) is 14.9 Å². The number of nitro benzene ring substituents is 1. The van der Waals surface area contributed by atoms with Crippen molar-refractivity contribution < 1.29 is 9.72 Å². The highest BCUT2D eigenvalue weighted by Crippen LogP contribution is 2.27. The van der Waals surface area contributed by atoms with Gasteiger partial charge in [0.05, 0.1) is 15.6 Å². The molecule has 1 amide bonds. The number of nitrogens with one attached hydrogen (secondary N) is 1. The van der Waals surface area contributed by atoms with Crippen LogP contribution in [0.15, 0.2) is 36.4 Å². The number of anilines is 2. The molecule has 2 aromatic rings. The average molecular weight is 326 g/mol. The van der Waals surface area contributed by atoms with E-state index in [2.05, 4.69) is 5.32 Å². The van der Waals surface area contributed by atoms with E-state index in [1.165, 1.54) is 36.4 Å². The Balaban J connectivity index is 2.21. The Hall–Kier alpha value is -2.31. The standard InChI is InChI=1S/C13H9Cl2N3O3/c14-9-3-1-7(5-11(9)16)13(19)17-8-2-4-12(18(20)21)10(15)6-8/h1-6H,16H2,(H,17,19). The van der Waals surface area contributed by atoms with Gasteiger partial charge in [0.15, 0.2) is 0 Å². The van der Waals surface area contributed by atoms with E-state index >= 15 is 0 Å². The first-order valence-corrected chi connectivity index (χ1v) is 6.44. The van der Waals surface area contributed by atoms with Crippen LogP contribution in [-0.4, -0.2) is 10.8 Å². The van der Waals surface area contributed by atoms with E-state index in [0.29, 0.717) is 16.3 Å². The lowest BCUT2D eigenvalue weighted by Gasteiger charge is -2.07. The SMILES string of the molecule is Nc1cc(C(=O)Nc2ccc([N+](=O)[O-])c(Cl)c2)ccc1Cl. The molecule has 108 valence electrons. The van der Waals surface area contributed by atoms with Gasteiger partial charge in [0.25, 0.3) is 11.6 Å². The first kappa shape index (κ1) is 15.1. The molecule has 2 rings (SSSR count). The van der Waals surface area contributed by atoms with Crippen molar-refractivity contribution in [2.45, 2.75) is 0 Å². The fourth-order valence-corrected chi connectivity index (χ4v) is 1.99. The molecule has 0 heterocycles. The lowest BCUT2D eigenvalue weighted by molar-refractivity contribution is -0.384. The smallest absolute Gasteiger partial charge is 0.288 e. The summed E-state index contributed by atoms with van der Waals surface area (Å²) in [5.74, 6) is -0.428. The minimum atomic E-state index is -0.603. The summed E-state index contributed by atoms with van der Waals surface area (Å²) in [6, 6.07) is 8.37. The van der Waals surface area contributed by atoms with Crippen LogP contribution in [0.25, 0.3) is 0 Å². The maximum atomic E-state index is 12.0. The number of nitrogens with two attached hydrogens (primary N) is 1. The molecule has 0 aliphatic carbocycles. The highest BCUT2D eigenvalue weighted by Gasteiger charge is 2.14. The first-order chi connectivity index (χ1) is 9.88. The number of amides is 1. The molecule has 0 aliphatic rings. The second-order valence-corrected chi connectivity index (χ2v) is 4.93. The number of hydrogen-bond acceptors (Lipinski definition) is 4. The Morgan fingerprint density at radius 3 is 2.43 bits per heavy atom. The van der Waals surface area contributed by atoms with Gasteiger partial charge in [-0.15, -0.1) is 0 Å². The Morgan fingerprint density at radius 1 is 1.14 bits per heavy atom. The fourth-order valence-electron chi connectivity index (χ4n) is 1.62. The minimum absolute atomic E-state index is 0.0616. The largest absolute Gasteiger partial charge is 0.398 e. The van der Waals surface area contributed by atoms with Crippen LogP contribution >= 0.6 is 23.2 Å². The van der Waals surface area contributed by atoms with E-state index in [-0.39, 0.29) is 16.4 Å². The maximum Gasteiger partial charge on any atom is 0.288 e. The number of carbonyl (C=O) groups excluding carboxylic acids is 1. The lowest BCUT2D eigenvalue weighted by atomic mass is 10.2. The molecule has 8 heteroatoms. The number of hydrogen-bond donors (Lipinski definition) is 2. The molecule has 0 aliphatic heterocycles. The summed E-state index contributed by atoms with van der Waals surface area (Å²) in [6.07, 6.45) is 0. The van der Waals surface area contributed by atoms with E-state index in [4.69, 9.17) is 28.9 Å². The average Bonchev–Trinajstić information content (AvgIpc) is 2.41. The van der Waals surface area contributed by atoms with Gasteiger partial charge in [0, 0.05) is 17.3 Å². The van der Waals surface area contributed by atoms with Gasteiger partial charge in [-0.1, -0.05) is 23.2 Å². The van der Waals surface area contributed by atoms with Gasteiger partial charge < -0.3 is 11.1 Å². The normalized spacial score (nSPS) is 10.2. The number of nitro groups is 1. The van der Waals surface area contributed by atoms with Crippen molar-refractivity contribution in [1.82, 2.24) is 0 Å². The second kappa shape index (κ2) is 5.99. The third-order valence-electron chi connectivity index (χ3n) is 2.66. The zero-order chi connectivity index (χ0) is 15.6. The number of benzene rings is 2. The maximum absolute atomic E-state index is 12.0. The van der Waals surface area contributed by atoms with Gasteiger partial charge in [-0.05, 0) is 30.3 Å². The summed E-state index contributed by atoms with van der Waals surface area (Å²) >= 11 is 11.5. The molecule has 0 saturated heterocycles. The Morgan fingerprint density at radius 2 is 1.86 bits per heavy atom. The van der Waals surface area contributed by atoms with Crippen LogP contribution in [0.1, 0.15) is 10.4 Å². The van der Waals surface area contributed by atoms with Crippen LogP contribution in [0.3, 0.4) is 0 Å². The molecule has 0 bridgehead atoms. The summed E-state index contributed by atoms with van der Waals surface area (Å²) < 4.78 is 0. The molecule has 0 atom stereocenters. The van der Waals surface area contributed by atoms with Crippen molar-refractivity contribution in [3.63, 3.8) is 0 Å². The summed E-state index contributed by atoms with van der Waals surface area (Å²) in [5.41, 5.74) is 6.32. The molecular weight excluding hydrogens is 317 g/mol. The zero-order valence-electron chi connectivity index (χ0n) is 10.5. The van der Waals surface area contributed by atoms with Crippen LogP contribution in [0, 0.1) is 10.1 Å². The fraction of sp³-hybridized carbons (Fsp3) is 0. The lowest BCUT2D eigenvalue weighted by Crippen LogP contribution is -2.12. The topological polar surface area (TPSA) is 98.3 Å². The van der Waals surface area contributed by atoms with Gasteiger partial charge in [0.2, 0.25) is 0 Å². The molecule has 3 N–H and O–H groups in total. The summed E-state index contributed by atoms with van der Waals surface area (Å²) in [6.45, 7) is 0. The van der Waals surface area contributed by atoms with Crippen molar-refractivity contribution in [2.75, 3.05) is 11.1 Å². The van der Waals surface area contributed by atoms with Gasteiger partial charge in [-0.2, -0.15) is 0 Å². The van der Waals surface area contributed by atoms with E-state index in [9.17, 15) is 14.9 Å². The minimum Gasteiger partial charge on any atom is -0.398 e. The number of rotatable bonds is 3. The quantitative estimate of drug-likeness (QED) is 0.510. The molecule has 0 spiro atoms. The van der Waals surface area contributed by atoms with Crippen LogP contribution < -0.4 is 11.1 Å². The number of halogens is 2. The highest BCUT2D eigenvalue weighted by atomic mass is 35.5. The Bertz CT molecular complexity index is 735. The molecule has 2 aromatic carbocycles. The monoisotopic (exact) mass is 325 g/mol. The Labute approximate surface area is 129 Å². The van der Waals surface area contributed by atoms with Crippen LogP contribution in [0.5, 0.6) is 0 Å². The summed E-state index contributed by atoms with van der Waals surface area (Å²) in [4.78, 5) is 22.1. The van der Waals surface area contributed by atoms with Crippen LogP contribution in [0.4, 0.5) is 17.1 Å². The predicted molar refractivity (Wildman–Crippen MR) is 81.9 cm³/mol. The predicted octanol–water partition coefficient (Wildman–Crippen LogP) is 3.74. The van der Waals surface area contributed by atoms with E-state index in [0.717, 1.165) is 0 Å². The molecular formula is C13H9Cl2N3O3. The molecule has 6 nitrogen and oxygen atoms in total. The molecule has 0 radical (unpaired) electrons. The number of nitrogens with zero attached hydrogens (tertiary/aromatic N) is 1. The summed E-state index contributed by atoms with van der Waals surface area (Å²) in [5, 5.41) is 13.5. The molecule has 21 heavy (non-hydrogen) atoms. The molecule has 0 saturated carbocycles. The molecule has 0 unspecified atom stereocenters. The third kappa shape index (κ3) is 3.42. The van der Waals surface area contributed by atoms with E-state index < -0.39 is 10.8 Å². The van der Waals surface area contributed by atoms with Crippen LogP contribution in [0.2, 0.25) is 10.0 Å². The van der Waals surface area contributed by atoms with Crippen molar-refractivity contribution in [1.29, 1.82) is 0 Å². The zero-order valence-corrected chi connectivity index (χ0v) is 12.0. The molecule has 0 fully saturated rings. The van der Waals surface area contributed by atoms with E-state index in [1.807, 2.05) is 0 Å². The van der Waals surface area contributed by atoms with Crippen molar-refractivity contribution >= 4 is 46.2 Å². The van der Waals surface area contributed by atoms with Gasteiger partial charge in [0.1, 0.15) is 5.02 Å². The second-order valence-electron chi connectivity index (χ2n) is 4.11. The van der Waals surface area contributed by atoms with Gasteiger partial charge >= 0.3 is 0 Å². The Kier molecular flexibility index (Phi) is 4.30. The number of nitrogen functional groups attached to an aromatic ring is 1. The summed E-state index contributed by atoms with van der Waals surface area (Å²) in [7, 11) is 0. The van der Waals surface area contributed by atoms with Crippen LogP contribution in [-0.2, 0) is 0 Å². The first-order valence-electron chi connectivity index (χ1n) is 5.69.